The van der Waals surface area contributed by atoms with Crippen molar-refractivity contribution in [1.29, 1.82) is 0 Å². The maximum absolute atomic E-state index is 12.6. The first-order chi connectivity index (χ1) is 18.0. The van der Waals surface area contributed by atoms with Crippen LogP contribution in [0.2, 0.25) is 0 Å². The number of halogens is 6. The number of amides is 1. The molecule has 0 aliphatic carbocycles. The van der Waals surface area contributed by atoms with Crippen molar-refractivity contribution in [3.8, 4) is 0 Å². The van der Waals surface area contributed by atoms with Crippen molar-refractivity contribution in [3.05, 3.63) is 51.5 Å². The molecule has 216 valence electrons. The molecule has 15 heteroatoms. The number of hydrogen-bond donors (Lipinski definition) is 2. The number of likely N-dealkylation sites (tertiary alicyclic amines) is 2. The fraction of sp³-hybridized carbons (Fsp3) is 0.500. The van der Waals surface area contributed by atoms with Gasteiger partial charge < -0.3 is 15.1 Å². The number of hydrogen-bond acceptors (Lipinski definition) is 6. The highest BCUT2D eigenvalue weighted by molar-refractivity contribution is 7.11. The van der Waals surface area contributed by atoms with Crippen LogP contribution in [0.3, 0.4) is 0 Å². The minimum atomic E-state index is -5.08. The first-order valence-electron chi connectivity index (χ1n) is 11.6. The van der Waals surface area contributed by atoms with Gasteiger partial charge >= 0.3 is 24.3 Å². The van der Waals surface area contributed by atoms with Crippen molar-refractivity contribution in [1.82, 2.24) is 14.8 Å². The fourth-order valence-corrected chi connectivity index (χ4v) is 5.19. The molecule has 0 spiro atoms. The number of carboxylic acids is 2. The van der Waals surface area contributed by atoms with Gasteiger partial charge in [-0.3, -0.25) is 14.7 Å². The summed E-state index contributed by atoms with van der Waals surface area (Å²) in [5.74, 6) is -5.22. The summed E-state index contributed by atoms with van der Waals surface area (Å²) < 4.78 is 63.5. The molecule has 2 aliphatic rings. The van der Waals surface area contributed by atoms with Gasteiger partial charge in [-0.25, -0.2) is 9.59 Å². The zero-order valence-electron chi connectivity index (χ0n) is 20.9. The third kappa shape index (κ3) is 9.80. The third-order valence-electron chi connectivity index (χ3n) is 5.92. The van der Waals surface area contributed by atoms with E-state index in [-0.39, 0.29) is 0 Å². The predicted molar refractivity (Wildman–Crippen MR) is 128 cm³/mol. The molecule has 39 heavy (non-hydrogen) atoms. The number of aryl methyl sites for hydroxylation is 2. The summed E-state index contributed by atoms with van der Waals surface area (Å²) in [5.41, 5.74) is 2.01. The molecule has 2 aromatic rings. The van der Waals surface area contributed by atoms with Gasteiger partial charge in [-0.2, -0.15) is 26.3 Å². The highest BCUT2D eigenvalue weighted by Gasteiger charge is 2.43. The number of aromatic nitrogens is 1. The van der Waals surface area contributed by atoms with E-state index in [2.05, 4.69) is 33.8 Å². The molecule has 2 fully saturated rings. The van der Waals surface area contributed by atoms with Gasteiger partial charge in [0.15, 0.2) is 0 Å². The second-order valence-corrected chi connectivity index (χ2v) is 10.2. The van der Waals surface area contributed by atoms with E-state index in [1.165, 1.54) is 9.75 Å². The molecule has 0 aromatic carbocycles. The van der Waals surface area contributed by atoms with E-state index in [1.54, 1.807) is 0 Å². The number of carboxylic acid groups (broad SMARTS) is 2. The normalized spacial score (nSPS) is 19.4. The number of carbonyl (C=O) groups is 3. The van der Waals surface area contributed by atoms with Crippen LogP contribution in [0.5, 0.6) is 0 Å². The van der Waals surface area contributed by atoms with Gasteiger partial charge in [0.1, 0.15) is 0 Å². The third-order valence-corrected chi connectivity index (χ3v) is 6.90. The maximum Gasteiger partial charge on any atom is 0.490 e. The molecule has 4 heterocycles. The minimum absolute atomic E-state index is 0.290. The summed E-state index contributed by atoms with van der Waals surface area (Å²) in [6.45, 7) is 6.91. The molecule has 2 aliphatic heterocycles. The Morgan fingerprint density at radius 1 is 0.949 bits per heavy atom. The molecule has 8 nitrogen and oxygen atoms in total. The summed E-state index contributed by atoms with van der Waals surface area (Å²) in [6.07, 6.45) is -7.44. The van der Waals surface area contributed by atoms with Gasteiger partial charge in [0, 0.05) is 47.0 Å². The second-order valence-electron chi connectivity index (χ2n) is 8.84. The summed E-state index contributed by atoms with van der Waals surface area (Å²) in [4.78, 5) is 42.4. The summed E-state index contributed by atoms with van der Waals surface area (Å²) >= 11 is 1.89. The zero-order chi connectivity index (χ0) is 29.5. The SMILES string of the molecule is Cc1cccc(CN2C(=O)CC[C@@H]3[C@H]2CCN3Cc2ccc(C)s2)n1.O=C(O)C(F)(F)F.O=C(O)C(F)(F)F. The first kappa shape index (κ1) is 32.0. The van der Waals surface area contributed by atoms with Crippen molar-refractivity contribution in [2.24, 2.45) is 0 Å². The quantitative estimate of drug-likeness (QED) is 0.498. The fourth-order valence-electron chi connectivity index (χ4n) is 4.27. The predicted octanol–water partition coefficient (Wildman–Crippen LogP) is 4.79. The van der Waals surface area contributed by atoms with E-state index in [0.717, 1.165) is 37.3 Å². The van der Waals surface area contributed by atoms with E-state index >= 15 is 0 Å². The molecule has 2 N–H and O–H groups in total. The smallest absolute Gasteiger partial charge is 0.475 e. The molecular formula is C24H27F6N3O5S. The number of fused-ring (bicyclic) bond motifs is 1. The van der Waals surface area contributed by atoms with Gasteiger partial charge in [-0.15, -0.1) is 11.3 Å². The average molecular weight is 584 g/mol. The van der Waals surface area contributed by atoms with Crippen LogP contribution in [0.15, 0.2) is 30.3 Å². The largest absolute Gasteiger partial charge is 0.490 e. The molecule has 2 aromatic heterocycles. The van der Waals surface area contributed by atoms with E-state index in [4.69, 9.17) is 19.8 Å². The molecule has 0 unspecified atom stereocenters. The Hall–Kier alpha value is -3.20. The molecule has 0 radical (unpaired) electrons. The van der Waals surface area contributed by atoms with E-state index in [1.807, 2.05) is 36.5 Å². The van der Waals surface area contributed by atoms with Crippen molar-refractivity contribution in [2.45, 2.75) is 70.6 Å². The number of rotatable bonds is 4. The first-order valence-corrected chi connectivity index (χ1v) is 12.4. The second kappa shape index (κ2) is 13.2. The van der Waals surface area contributed by atoms with Crippen molar-refractivity contribution in [3.63, 3.8) is 0 Å². The van der Waals surface area contributed by atoms with Crippen LogP contribution in [0, 0.1) is 13.8 Å². The van der Waals surface area contributed by atoms with E-state index < -0.39 is 24.3 Å². The lowest BCUT2D eigenvalue weighted by Gasteiger charge is -2.39. The van der Waals surface area contributed by atoms with E-state index in [9.17, 15) is 31.1 Å². The zero-order valence-corrected chi connectivity index (χ0v) is 21.7. The molecule has 2 atom stereocenters. The monoisotopic (exact) mass is 583 g/mol. The maximum atomic E-state index is 12.6. The number of pyridine rings is 1. The lowest BCUT2D eigenvalue weighted by Crippen LogP contribution is -2.51. The highest BCUT2D eigenvalue weighted by atomic mass is 32.1. The van der Waals surface area contributed by atoms with Gasteiger partial charge in [0.25, 0.3) is 0 Å². The van der Waals surface area contributed by atoms with Gasteiger partial charge in [-0.05, 0) is 51.0 Å². The van der Waals surface area contributed by atoms with Crippen LogP contribution < -0.4 is 0 Å². The number of alkyl halides is 6. The van der Waals surface area contributed by atoms with Gasteiger partial charge in [-0.1, -0.05) is 6.07 Å². The summed E-state index contributed by atoms with van der Waals surface area (Å²) in [5, 5.41) is 14.2. The molecule has 1 amide bonds. The van der Waals surface area contributed by atoms with Crippen molar-refractivity contribution in [2.75, 3.05) is 6.54 Å². The Bertz CT molecular complexity index is 1130. The number of nitrogens with zero attached hydrogens (tertiary/aromatic N) is 3. The minimum Gasteiger partial charge on any atom is -0.475 e. The molecular weight excluding hydrogens is 556 g/mol. The Morgan fingerprint density at radius 2 is 1.54 bits per heavy atom. The van der Waals surface area contributed by atoms with E-state index in [0.29, 0.717) is 31.0 Å². The average Bonchev–Trinajstić information content (AvgIpc) is 3.41. The van der Waals surface area contributed by atoms with Crippen LogP contribution in [0.25, 0.3) is 0 Å². The van der Waals surface area contributed by atoms with Crippen LogP contribution in [0.4, 0.5) is 26.3 Å². The number of aliphatic carboxylic acids is 2. The van der Waals surface area contributed by atoms with Gasteiger partial charge in [0.05, 0.1) is 12.2 Å². The highest BCUT2D eigenvalue weighted by Crippen LogP contribution is 2.34. The topological polar surface area (TPSA) is 111 Å². The molecule has 4 rings (SSSR count). The standard InChI is InChI=1S/C20H25N3OS.2C2HF3O2/c1-14-4-3-5-16(21-14)12-23-19-10-11-22(18(19)8-9-20(23)24)13-17-7-6-15(2)25-17;2*3-2(4,5)1(6)7/h3-7,18-19H,8-13H2,1-2H3;2*(H,6,7)/t18-,19-;;/m1../s1. The lowest BCUT2D eigenvalue weighted by atomic mass is 9.96. The Balaban J connectivity index is 0.000000317. The van der Waals surface area contributed by atoms with Gasteiger partial charge in [0.2, 0.25) is 5.91 Å². The Labute approximate surface area is 223 Å². The van der Waals surface area contributed by atoms with Crippen molar-refractivity contribution >= 4 is 29.2 Å². The summed E-state index contributed by atoms with van der Waals surface area (Å²) in [6, 6.07) is 11.3. The number of thiophene rings is 1. The van der Waals surface area contributed by atoms with Crippen LogP contribution in [-0.2, 0) is 27.5 Å². The Morgan fingerprint density at radius 3 is 2.03 bits per heavy atom. The molecule has 0 saturated carbocycles. The van der Waals surface area contributed by atoms with Crippen LogP contribution in [0.1, 0.15) is 40.4 Å². The molecule has 0 bridgehead atoms. The van der Waals surface area contributed by atoms with Crippen LogP contribution >= 0.6 is 11.3 Å². The Kier molecular flexibility index (Phi) is 10.9. The molecule has 2 saturated heterocycles. The van der Waals surface area contributed by atoms with Crippen LogP contribution in [-0.4, -0.2) is 73.8 Å². The number of piperidine rings is 1. The number of carbonyl (C=O) groups excluding carboxylic acids is 1. The lowest BCUT2D eigenvalue weighted by molar-refractivity contribution is -0.193. The van der Waals surface area contributed by atoms with Crippen molar-refractivity contribution < 1.29 is 50.9 Å². The summed E-state index contributed by atoms with van der Waals surface area (Å²) in [7, 11) is 0.